The summed E-state index contributed by atoms with van der Waals surface area (Å²) in [5, 5.41) is 20.4. The van der Waals surface area contributed by atoms with E-state index in [2.05, 4.69) is 4.98 Å². The molecule has 0 fully saturated rings. The fourth-order valence-electron chi connectivity index (χ4n) is 2.32. The van der Waals surface area contributed by atoms with Gasteiger partial charge in [-0.3, -0.25) is 14.9 Å². The largest absolute Gasteiger partial charge is 0.495 e. The molecule has 0 saturated heterocycles. The number of rotatable bonds is 5. The van der Waals surface area contributed by atoms with Crippen LogP contribution in [0.2, 0.25) is 0 Å². The molecule has 2 aromatic rings. The zero-order valence-corrected chi connectivity index (χ0v) is 11.1. The quantitative estimate of drug-likeness (QED) is 0.645. The minimum absolute atomic E-state index is 0.0504. The lowest BCUT2D eigenvalue weighted by Gasteiger charge is -2.03. The molecule has 1 heterocycles. The second-order valence-corrected chi connectivity index (χ2v) is 4.42. The van der Waals surface area contributed by atoms with Gasteiger partial charge >= 0.3 is 5.97 Å². The van der Waals surface area contributed by atoms with Gasteiger partial charge in [0.1, 0.15) is 5.75 Å². The van der Waals surface area contributed by atoms with Gasteiger partial charge < -0.3 is 14.8 Å². The number of H-pyrrole nitrogens is 1. The number of aromatic nitrogens is 1. The van der Waals surface area contributed by atoms with E-state index in [9.17, 15) is 14.9 Å². The Kier molecular flexibility index (Phi) is 3.60. The number of carboxylic acid groups (broad SMARTS) is 1. The van der Waals surface area contributed by atoms with Crippen LogP contribution in [0.15, 0.2) is 12.1 Å². The van der Waals surface area contributed by atoms with Gasteiger partial charge in [-0.25, -0.2) is 0 Å². The summed E-state index contributed by atoms with van der Waals surface area (Å²) < 4.78 is 5.19. The number of methoxy groups -OCH3 is 1. The lowest BCUT2D eigenvalue weighted by molar-refractivity contribution is -0.383. The van der Waals surface area contributed by atoms with E-state index in [1.165, 1.54) is 19.2 Å². The van der Waals surface area contributed by atoms with E-state index < -0.39 is 10.9 Å². The summed E-state index contributed by atoms with van der Waals surface area (Å²) in [7, 11) is 1.48. The predicted molar refractivity (Wildman–Crippen MR) is 72.2 cm³/mol. The molecule has 0 aliphatic heterocycles. The monoisotopic (exact) mass is 278 g/mol. The number of non-ortho nitro benzene ring substituents is 1. The highest BCUT2D eigenvalue weighted by Gasteiger charge is 2.22. The van der Waals surface area contributed by atoms with Crippen molar-refractivity contribution >= 4 is 22.6 Å². The maximum absolute atomic E-state index is 11.1. The number of benzene rings is 1. The summed E-state index contributed by atoms with van der Waals surface area (Å²) in [6.45, 7) is 1.76. The van der Waals surface area contributed by atoms with Gasteiger partial charge in [-0.2, -0.15) is 0 Å². The molecule has 0 aliphatic rings. The zero-order valence-electron chi connectivity index (χ0n) is 11.1. The number of aromatic amines is 1. The van der Waals surface area contributed by atoms with Crippen molar-refractivity contribution in [3.8, 4) is 5.75 Å². The molecular formula is C13H14N2O5. The van der Waals surface area contributed by atoms with Crippen molar-refractivity contribution in [2.45, 2.75) is 19.8 Å². The highest BCUT2D eigenvalue weighted by atomic mass is 16.6. The van der Waals surface area contributed by atoms with E-state index in [1.54, 1.807) is 6.92 Å². The van der Waals surface area contributed by atoms with Crippen molar-refractivity contribution in [3.63, 3.8) is 0 Å². The highest BCUT2D eigenvalue weighted by Crippen LogP contribution is 2.37. The molecule has 1 aromatic heterocycles. The third-order valence-corrected chi connectivity index (χ3v) is 3.22. The van der Waals surface area contributed by atoms with Crippen LogP contribution < -0.4 is 4.74 Å². The third kappa shape index (κ3) is 2.29. The number of aryl methyl sites for hydroxylation is 2. The normalized spacial score (nSPS) is 10.7. The molecule has 0 atom stereocenters. The molecule has 0 saturated carbocycles. The number of aliphatic carboxylic acids is 1. The van der Waals surface area contributed by atoms with Gasteiger partial charge in [0.2, 0.25) is 0 Å². The van der Waals surface area contributed by atoms with Crippen LogP contribution in [-0.4, -0.2) is 28.1 Å². The second-order valence-electron chi connectivity index (χ2n) is 4.42. The summed E-state index contributed by atoms with van der Waals surface area (Å²) in [5.41, 5.74) is 1.84. The van der Waals surface area contributed by atoms with Crippen molar-refractivity contribution in [3.05, 3.63) is 33.5 Å². The molecule has 0 aliphatic carbocycles. The number of hydrogen-bond acceptors (Lipinski definition) is 4. The summed E-state index contributed by atoms with van der Waals surface area (Å²) >= 11 is 0. The first kappa shape index (κ1) is 13.9. The molecule has 2 N–H and O–H groups in total. The number of carbonyl (C=O) groups is 1. The van der Waals surface area contributed by atoms with Gasteiger partial charge in [0.25, 0.3) is 5.69 Å². The third-order valence-electron chi connectivity index (χ3n) is 3.22. The maximum atomic E-state index is 11.1. The molecule has 106 valence electrons. The van der Waals surface area contributed by atoms with Crippen LogP contribution in [0.1, 0.15) is 17.7 Å². The average Bonchev–Trinajstić information content (AvgIpc) is 2.71. The number of hydrogen-bond donors (Lipinski definition) is 2. The van der Waals surface area contributed by atoms with Crippen molar-refractivity contribution < 1.29 is 19.6 Å². The van der Waals surface area contributed by atoms with Crippen molar-refractivity contribution in [1.29, 1.82) is 0 Å². The standard InChI is InChI=1S/C13H14N2O5/c1-7-8(3-6-11(16)17)12-9(15(18)19)4-5-10(20-2)13(12)14-7/h4-5,14H,3,6H2,1-2H3,(H,16,17). The van der Waals surface area contributed by atoms with Crippen molar-refractivity contribution in [2.24, 2.45) is 0 Å². The Morgan fingerprint density at radius 3 is 2.75 bits per heavy atom. The fourth-order valence-corrected chi connectivity index (χ4v) is 2.32. The van der Waals surface area contributed by atoms with Gasteiger partial charge in [-0.05, 0) is 25.0 Å². The first-order valence-corrected chi connectivity index (χ1v) is 6.00. The lowest BCUT2D eigenvalue weighted by Crippen LogP contribution is -1.99. The SMILES string of the molecule is COc1ccc([N+](=O)[O-])c2c(CCC(=O)O)c(C)[nH]c12. The Bertz CT molecular complexity index is 690. The number of fused-ring (bicyclic) bond motifs is 1. The topological polar surface area (TPSA) is 105 Å². The summed E-state index contributed by atoms with van der Waals surface area (Å²) in [5.74, 6) is -0.445. The maximum Gasteiger partial charge on any atom is 0.303 e. The van der Waals surface area contributed by atoms with Crippen LogP contribution in [0, 0.1) is 17.0 Å². The van der Waals surface area contributed by atoms with Crippen LogP contribution in [-0.2, 0) is 11.2 Å². The lowest BCUT2D eigenvalue weighted by atomic mass is 10.0. The van der Waals surface area contributed by atoms with E-state index in [4.69, 9.17) is 9.84 Å². The molecule has 0 unspecified atom stereocenters. The van der Waals surface area contributed by atoms with E-state index in [1.807, 2.05) is 0 Å². The van der Waals surface area contributed by atoms with Crippen LogP contribution in [0.3, 0.4) is 0 Å². The molecule has 0 bridgehead atoms. The van der Waals surface area contributed by atoms with Gasteiger partial charge in [-0.15, -0.1) is 0 Å². The molecule has 1 aromatic carbocycles. The summed E-state index contributed by atoms with van der Waals surface area (Å²) in [6, 6.07) is 2.90. The van der Waals surface area contributed by atoms with Gasteiger partial charge in [0.05, 0.1) is 22.9 Å². The van der Waals surface area contributed by atoms with Gasteiger partial charge in [0, 0.05) is 18.2 Å². The number of ether oxygens (including phenoxy) is 1. The van der Waals surface area contributed by atoms with Gasteiger partial charge in [-0.1, -0.05) is 0 Å². The molecule has 0 amide bonds. The fraction of sp³-hybridized carbons (Fsp3) is 0.308. The molecule has 7 heteroatoms. The van der Waals surface area contributed by atoms with Crippen LogP contribution >= 0.6 is 0 Å². The van der Waals surface area contributed by atoms with E-state index in [0.717, 1.165) is 0 Å². The Morgan fingerprint density at radius 2 is 2.20 bits per heavy atom. The molecule has 0 spiro atoms. The Morgan fingerprint density at radius 1 is 1.50 bits per heavy atom. The second kappa shape index (κ2) is 5.20. The smallest absolute Gasteiger partial charge is 0.303 e. The molecule has 2 rings (SSSR count). The zero-order chi connectivity index (χ0) is 14.9. The van der Waals surface area contributed by atoms with Gasteiger partial charge in [0.15, 0.2) is 0 Å². The number of nitrogens with one attached hydrogen (secondary N) is 1. The minimum atomic E-state index is -0.940. The summed E-state index contributed by atoms with van der Waals surface area (Å²) in [6.07, 6.45) is 0.150. The molecule has 7 nitrogen and oxygen atoms in total. The van der Waals surface area contributed by atoms with E-state index >= 15 is 0 Å². The first-order chi connectivity index (χ1) is 9.45. The number of carboxylic acids is 1. The number of nitro groups is 1. The van der Waals surface area contributed by atoms with Crippen LogP contribution in [0.4, 0.5) is 5.69 Å². The predicted octanol–water partition coefficient (Wildman–Crippen LogP) is 2.41. The van der Waals surface area contributed by atoms with Crippen LogP contribution in [0.5, 0.6) is 5.75 Å². The average molecular weight is 278 g/mol. The Hall–Kier alpha value is -2.57. The molecule has 20 heavy (non-hydrogen) atoms. The highest BCUT2D eigenvalue weighted by molar-refractivity contribution is 5.97. The van der Waals surface area contributed by atoms with Crippen molar-refractivity contribution in [1.82, 2.24) is 4.98 Å². The van der Waals surface area contributed by atoms with Crippen LogP contribution in [0.25, 0.3) is 10.9 Å². The number of nitrogens with zero attached hydrogens (tertiary/aromatic N) is 1. The Balaban J connectivity index is 2.69. The molecule has 0 radical (unpaired) electrons. The first-order valence-electron chi connectivity index (χ1n) is 6.00. The van der Waals surface area contributed by atoms with Crippen molar-refractivity contribution in [2.75, 3.05) is 7.11 Å². The number of nitro benzene ring substituents is 1. The van der Waals surface area contributed by atoms with E-state index in [0.29, 0.717) is 27.9 Å². The summed E-state index contributed by atoms with van der Waals surface area (Å²) in [4.78, 5) is 24.4. The molecular weight excluding hydrogens is 264 g/mol. The van der Waals surface area contributed by atoms with E-state index in [-0.39, 0.29) is 18.5 Å². The minimum Gasteiger partial charge on any atom is -0.495 e. The Labute approximate surface area is 114 Å².